The molecule has 2 heterocycles. The predicted octanol–water partition coefficient (Wildman–Crippen LogP) is 4.99. The first-order chi connectivity index (χ1) is 11.6. The lowest BCUT2D eigenvalue weighted by Gasteiger charge is -2.34. The van der Waals surface area contributed by atoms with Gasteiger partial charge in [0.2, 0.25) is 0 Å². The van der Waals surface area contributed by atoms with Crippen molar-refractivity contribution in [2.45, 2.75) is 52.5 Å². The van der Waals surface area contributed by atoms with Gasteiger partial charge in [0, 0.05) is 22.9 Å². The molecule has 0 atom stereocenters. The molecule has 1 aliphatic heterocycles. The average molecular weight is 355 g/mol. The smallest absolute Gasteiger partial charge is 0.255 e. The van der Waals surface area contributed by atoms with E-state index >= 15 is 0 Å². The van der Waals surface area contributed by atoms with Crippen LogP contribution in [0.1, 0.15) is 57.8 Å². The fourth-order valence-electron chi connectivity index (χ4n) is 3.15. The van der Waals surface area contributed by atoms with E-state index in [-0.39, 0.29) is 11.3 Å². The molecule has 0 fully saturated rings. The maximum Gasteiger partial charge on any atom is 0.255 e. The number of carbonyl (C=O) groups excluding carboxylic acids is 1. The maximum absolute atomic E-state index is 13.2. The summed E-state index contributed by atoms with van der Waals surface area (Å²) in [5, 5.41) is 3.11. The number of hydrogen-bond acceptors (Lipinski definition) is 3. The minimum atomic E-state index is -0.428. The van der Waals surface area contributed by atoms with Crippen LogP contribution in [0.25, 0.3) is 5.57 Å². The second-order valence-corrected chi connectivity index (χ2v) is 9.12. The zero-order chi connectivity index (χ0) is 18.4. The van der Waals surface area contributed by atoms with E-state index < -0.39 is 5.54 Å². The molecule has 1 aromatic heterocycles. The zero-order valence-corrected chi connectivity index (χ0v) is 16.7. The molecule has 25 heavy (non-hydrogen) atoms. The molecule has 0 spiro atoms. The van der Waals surface area contributed by atoms with Crippen LogP contribution < -0.4 is 0 Å². The molecule has 0 saturated carbocycles. The highest BCUT2D eigenvalue weighted by Gasteiger charge is 2.41. The summed E-state index contributed by atoms with van der Waals surface area (Å²) in [7, 11) is 0. The third kappa shape index (κ3) is 3.15. The SMILES string of the molecule is CC1=C(c2ccccc2)C(=O)N(C(C)(C)c2nc(C(C)(C)C)cs2)C1. The lowest BCUT2D eigenvalue weighted by molar-refractivity contribution is -0.128. The summed E-state index contributed by atoms with van der Waals surface area (Å²) in [5.74, 6) is 0.0983. The predicted molar refractivity (Wildman–Crippen MR) is 105 cm³/mol. The molecule has 3 nitrogen and oxygen atoms in total. The highest BCUT2D eigenvalue weighted by molar-refractivity contribution is 7.09. The van der Waals surface area contributed by atoms with Crippen molar-refractivity contribution in [1.82, 2.24) is 9.88 Å². The number of amides is 1. The van der Waals surface area contributed by atoms with Gasteiger partial charge in [-0.2, -0.15) is 0 Å². The van der Waals surface area contributed by atoms with Crippen molar-refractivity contribution in [2.24, 2.45) is 0 Å². The van der Waals surface area contributed by atoms with E-state index in [0.717, 1.165) is 27.4 Å². The molecule has 0 N–H and O–H groups in total. The number of carbonyl (C=O) groups is 1. The Morgan fingerprint density at radius 1 is 1.08 bits per heavy atom. The standard InChI is InChI=1S/C21H26N2OS/c1-14-12-23(18(24)17(14)15-10-8-7-9-11-15)21(5,6)19-22-16(13-25-19)20(2,3)4/h7-11,13H,12H2,1-6H3. The van der Waals surface area contributed by atoms with Crippen LogP contribution in [0.5, 0.6) is 0 Å². The Hall–Kier alpha value is -1.94. The lowest BCUT2D eigenvalue weighted by Crippen LogP contribution is -2.43. The quantitative estimate of drug-likeness (QED) is 0.778. The minimum Gasteiger partial charge on any atom is -0.323 e. The molecule has 3 rings (SSSR count). The summed E-state index contributed by atoms with van der Waals surface area (Å²) < 4.78 is 0. The molecule has 1 aliphatic rings. The van der Waals surface area contributed by atoms with E-state index in [9.17, 15) is 4.79 Å². The number of aromatic nitrogens is 1. The molecule has 2 aromatic rings. The third-order valence-corrected chi connectivity index (χ3v) is 5.97. The van der Waals surface area contributed by atoms with Gasteiger partial charge in [-0.05, 0) is 31.9 Å². The third-order valence-electron chi connectivity index (χ3n) is 4.81. The Kier molecular flexibility index (Phi) is 4.36. The summed E-state index contributed by atoms with van der Waals surface area (Å²) >= 11 is 1.65. The van der Waals surface area contributed by atoms with Gasteiger partial charge >= 0.3 is 0 Å². The maximum atomic E-state index is 13.2. The van der Waals surface area contributed by atoms with E-state index in [4.69, 9.17) is 4.98 Å². The molecule has 4 heteroatoms. The van der Waals surface area contributed by atoms with E-state index in [1.165, 1.54) is 0 Å². The second-order valence-electron chi connectivity index (χ2n) is 8.26. The summed E-state index contributed by atoms with van der Waals surface area (Å²) in [5.41, 5.74) is 3.63. The number of thiazole rings is 1. The Morgan fingerprint density at radius 3 is 2.28 bits per heavy atom. The van der Waals surface area contributed by atoms with Crippen LogP contribution in [0.15, 0.2) is 41.3 Å². The van der Waals surface area contributed by atoms with E-state index in [0.29, 0.717) is 6.54 Å². The Labute approximate surface area is 154 Å². The highest BCUT2D eigenvalue weighted by atomic mass is 32.1. The van der Waals surface area contributed by atoms with Gasteiger partial charge in [-0.15, -0.1) is 11.3 Å². The summed E-state index contributed by atoms with van der Waals surface area (Å²) in [6.07, 6.45) is 0. The van der Waals surface area contributed by atoms with Crippen LogP contribution in [0.3, 0.4) is 0 Å². The van der Waals surface area contributed by atoms with Crippen molar-refractivity contribution in [3.05, 3.63) is 57.6 Å². The molecule has 0 radical (unpaired) electrons. The van der Waals surface area contributed by atoms with Gasteiger partial charge < -0.3 is 4.90 Å². The van der Waals surface area contributed by atoms with E-state index in [1.54, 1.807) is 11.3 Å². The summed E-state index contributed by atoms with van der Waals surface area (Å²) in [6.45, 7) is 13.4. The number of hydrogen-bond donors (Lipinski definition) is 0. The van der Waals surface area contributed by atoms with Gasteiger partial charge in [0.15, 0.2) is 0 Å². The lowest BCUT2D eigenvalue weighted by atomic mass is 9.93. The van der Waals surface area contributed by atoms with Crippen LogP contribution in [0.4, 0.5) is 0 Å². The fourth-order valence-corrected chi connectivity index (χ4v) is 4.33. The monoisotopic (exact) mass is 354 g/mol. The van der Waals surface area contributed by atoms with Gasteiger partial charge in [-0.1, -0.05) is 51.1 Å². The van der Waals surface area contributed by atoms with Crippen LogP contribution in [-0.2, 0) is 15.7 Å². The Bertz CT molecular complexity index is 825. The average Bonchev–Trinajstić information content (AvgIpc) is 3.14. The van der Waals surface area contributed by atoms with Gasteiger partial charge in [-0.3, -0.25) is 4.79 Å². The minimum absolute atomic E-state index is 0.0171. The summed E-state index contributed by atoms with van der Waals surface area (Å²) in [6, 6.07) is 9.95. The van der Waals surface area contributed by atoms with Gasteiger partial charge in [0.05, 0.1) is 11.2 Å². The topological polar surface area (TPSA) is 33.2 Å². The molecule has 0 aliphatic carbocycles. The van der Waals surface area contributed by atoms with Crippen molar-refractivity contribution in [3.63, 3.8) is 0 Å². The number of benzene rings is 1. The summed E-state index contributed by atoms with van der Waals surface area (Å²) in [4.78, 5) is 20.0. The first-order valence-corrected chi connectivity index (χ1v) is 9.54. The zero-order valence-electron chi connectivity index (χ0n) is 15.9. The van der Waals surface area contributed by atoms with Crippen LogP contribution in [-0.4, -0.2) is 22.3 Å². The molecular formula is C21H26N2OS. The van der Waals surface area contributed by atoms with Crippen molar-refractivity contribution in [3.8, 4) is 0 Å². The molecule has 1 amide bonds. The fraction of sp³-hybridized carbons (Fsp3) is 0.429. The molecule has 0 bridgehead atoms. The first-order valence-electron chi connectivity index (χ1n) is 8.66. The van der Waals surface area contributed by atoms with Crippen LogP contribution >= 0.6 is 11.3 Å². The number of nitrogens with zero attached hydrogens (tertiary/aromatic N) is 2. The van der Waals surface area contributed by atoms with E-state index in [2.05, 4.69) is 46.9 Å². The van der Waals surface area contributed by atoms with Crippen molar-refractivity contribution < 1.29 is 4.79 Å². The first kappa shape index (κ1) is 17.9. The number of rotatable bonds is 3. The van der Waals surface area contributed by atoms with Crippen LogP contribution in [0.2, 0.25) is 0 Å². The molecule has 0 saturated heterocycles. The van der Waals surface area contributed by atoms with Crippen LogP contribution in [0, 0.1) is 0 Å². The van der Waals surface area contributed by atoms with Crippen molar-refractivity contribution >= 4 is 22.8 Å². The van der Waals surface area contributed by atoms with Gasteiger partial charge in [0.25, 0.3) is 5.91 Å². The molecule has 0 unspecified atom stereocenters. The second kappa shape index (κ2) is 6.10. The van der Waals surface area contributed by atoms with Gasteiger partial charge in [0.1, 0.15) is 5.01 Å². The molecule has 1 aromatic carbocycles. The normalized spacial score (nSPS) is 16.1. The van der Waals surface area contributed by atoms with Crippen molar-refractivity contribution in [1.29, 1.82) is 0 Å². The van der Waals surface area contributed by atoms with E-state index in [1.807, 2.05) is 35.2 Å². The Balaban J connectivity index is 1.93. The van der Waals surface area contributed by atoms with Gasteiger partial charge in [-0.25, -0.2) is 4.98 Å². The molecule has 132 valence electrons. The van der Waals surface area contributed by atoms with Crippen molar-refractivity contribution in [2.75, 3.05) is 6.54 Å². The Morgan fingerprint density at radius 2 is 1.72 bits per heavy atom. The molecular weight excluding hydrogens is 328 g/mol. The highest BCUT2D eigenvalue weighted by Crippen LogP contribution is 2.39. The largest absolute Gasteiger partial charge is 0.323 e.